The molecule has 0 spiro atoms. The average Bonchev–Trinajstić information content (AvgIpc) is 3.04. The summed E-state index contributed by atoms with van der Waals surface area (Å²) in [6, 6.07) is 9.04. The van der Waals surface area contributed by atoms with Crippen molar-refractivity contribution >= 4 is 23.4 Å². The first-order valence-corrected chi connectivity index (χ1v) is 9.20. The second-order valence-electron chi connectivity index (χ2n) is 7.47. The first kappa shape index (κ1) is 19.2. The first-order chi connectivity index (χ1) is 12.7. The molecule has 0 unspecified atom stereocenters. The van der Waals surface area contributed by atoms with E-state index >= 15 is 0 Å². The zero-order valence-electron chi connectivity index (χ0n) is 15.6. The van der Waals surface area contributed by atoms with Gasteiger partial charge < -0.3 is 15.0 Å². The number of nitrogens with one attached hydrogen (secondary N) is 1. The van der Waals surface area contributed by atoms with Crippen LogP contribution in [0, 0.1) is 0 Å². The minimum Gasteiger partial charge on any atom is -0.444 e. The molecule has 1 amide bonds. The lowest BCUT2D eigenvalue weighted by atomic mass is 10.2. The van der Waals surface area contributed by atoms with Crippen molar-refractivity contribution in [2.24, 2.45) is 0 Å². The van der Waals surface area contributed by atoms with Crippen molar-refractivity contribution in [3.63, 3.8) is 0 Å². The van der Waals surface area contributed by atoms with Crippen LogP contribution in [0.25, 0.3) is 5.69 Å². The Morgan fingerprint density at radius 3 is 2.67 bits per heavy atom. The Labute approximate surface area is 162 Å². The summed E-state index contributed by atoms with van der Waals surface area (Å²) in [7, 11) is 0. The van der Waals surface area contributed by atoms with Gasteiger partial charge in [0.2, 0.25) is 0 Å². The highest BCUT2D eigenvalue weighted by molar-refractivity contribution is 6.33. The molecule has 1 aromatic heterocycles. The third kappa shape index (κ3) is 4.60. The molecule has 1 aromatic carbocycles. The van der Waals surface area contributed by atoms with Crippen molar-refractivity contribution in [3.8, 4) is 5.69 Å². The molecule has 0 bridgehead atoms. The molecule has 1 aliphatic heterocycles. The van der Waals surface area contributed by atoms with Crippen molar-refractivity contribution in [3.05, 3.63) is 51.9 Å². The minimum absolute atomic E-state index is 0.0764. The van der Waals surface area contributed by atoms with Gasteiger partial charge in [-0.15, -0.1) is 0 Å². The van der Waals surface area contributed by atoms with Crippen LogP contribution in [-0.4, -0.2) is 40.6 Å². The van der Waals surface area contributed by atoms with Crippen LogP contribution in [0.15, 0.2) is 41.3 Å². The summed E-state index contributed by atoms with van der Waals surface area (Å²) >= 11 is 6.34. The minimum atomic E-state index is -0.544. The Morgan fingerprint density at radius 1 is 1.30 bits per heavy atom. The highest BCUT2D eigenvalue weighted by Crippen LogP contribution is 2.25. The summed E-state index contributed by atoms with van der Waals surface area (Å²) in [6.45, 7) is 6.66. The van der Waals surface area contributed by atoms with E-state index in [0.717, 1.165) is 6.42 Å². The van der Waals surface area contributed by atoms with Gasteiger partial charge in [-0.2, -0.15) is 9.78 Å². The Morgan fingerprint density at radius 2 is 2.00 bits per heavy atom. The number of hydrogen-bond donors (Lipinski definition) is 1. The molecular weight excluding hydrogens is 368 g/mol. The molecule has 3 rings (SSSR count). The molecule has 1 saturated heterocycles. The molecule has 8 heteroatoms. The molecular formula is C19H23ClN4O3. The molecule has 1 atom stereocenters. The number of hydrogen-bond acceptors (Lipinski definition) is 5. The molecule has 2 aromatic rings. The van der Waals surface area contributed by atoms with Crippen LogP contribution < -0.4 is 15.8 Å². The lowest BCUT2D eigenvalue weighted by Crippen LogP contribution is -2.40. The lowest BCUT2D eigenvalue weighted by Gasteiger charge is -2.22. The van der Waals surface area contributed by atoms with Crippen LogP contribution in [0.2, 0.25) is 5.02 Å². The number of aromatic nitrogens is 2. The fourth-order valence-corrected chi connectivity index (χ4v) is 3.22. The summed E-state index contributed by atoms with van der Waals surface area (Å²) in [5.41, 5.74) is 0.311. The van der Waals surface area contributed by atoms with Gasteiger partial charge in [-0.3, -0.25) is 4.79 Å². The van der Waals surface area contributed by atoms with Gasteiger partial charge in [0, 0.05) is 13.1 Å². The summed E-state index contributed by atoms with van der Waals surface area (Å²) in [6.07, 6.45) is 1.88. The number of carbonyl (C=O) groups is 1. The van der Waals surface area contributed by atoms with Crippen molar-refractivity contribution in [1.29, 1.82) is 0 Å². The number of ether oxygens (including phenoxy) is 1. The molecule has 0 aliphatic carbocycles. The standard InChI is InChI=1S/C19H23ClN4O3/c1-19(2,3)27-18(26)22-13-9-10-23(12-13)15-11-21-24(17(25)16(15)20)14-7-5-4-6-8-14/h4-8,11,13H,9-10,12H2,1-3H3,(H,22,26)/t13-/m0/s1. The fraction of sp³-hybridized carbons (Fsp3) is 0.421. The maximum absolute atomic E-state index is 12.6. The summed E-state index contributed by atoms with van der Waals surface area (Å²) in [5, 5.41) is 7.23. The zero-order chi connectivity index (χ0) is 19.6. The van der Waals surface area contributed by atoms with Gasteiger partial charge in [-0.05, 0) is 39.3 Å². The third-order valence-corrected chi connectivity index (χ3v) is 4.51. The quantitative estimate of drug-likeness (QED) is 0.871. The SMILES string of the molecule is CC(C)(C)OC(=O)N[C@H]1CCN(c2cnn(-c3ccccc3)c(=O)c2Cl)C1. The Hall–Kier alpha value is -2.54. The van der Waals surface area contributed by atoms with E-state index < -0.39 is 11.7 Å². The number of nitrogens with zero attached hydrogens (tertiary/aromatic N) is 3. The number of alkyl carbamates (subject to hydrolysis) is 1. The van der Waals surface area contributed by atoms with E-state index in [9.17, 15) is 9.59 Å². The summed E-state index contributed by atoms with van der Waals surface area (Å²) in [5.74, 6) is 0. The highest BCUT2D eigenvalue weighted by Gasteiger charge is 2.28. The van der Waals surface area contributed by atoms with Gasteiger partial charge in [0.15, 0.2) is 0 Å². The third-order valence-electron chi connectivity index (χ3n) is 4.15. The maximum Gasteiger partial charge on any atom is 0.407 e. The van der Waals surface area contributed by atoms with E-state index in [1.54, 1.807) is 18.3 Å². The molecule has 27 heavy (non-hydrogen) atoms. The average molecular weight is 391 g/mol. The Kier molecular flexibility index (Phi) is 5.41. The number of halogens is 1. The maximum atomic E-state index is 12.6. The van der Waals surface area contributed by atoms with Crippen molar-refractivity contribution in [2.75, 3.05) is 18.0 Å². The van der Waals surface area contributed by atoms with Crippen molar-refractivity contribution < 1.29 is 9.53 Å². The number of carbonyl (C=O) groups excluding carboxylic acids is 1. The summed E-state index contributed by atoms with van der Waals surface area (Å²) < 4.78 is 6.56. The monoisotopic (exact) mass is 390 g/mol. The van der Waals surface area contributed by atoms with E-state index in [0.29, 0.717) is 24.5 Å². The van der Waals surface area contributed by atoms with E-state index in [2.05, 4.69) is 10.4 Å². The van der Waals surface area contributed by atoms with Crippen LogP contribution >= 0.6 is 11.6 Å². The van der Waals surface area contributed by atoms with Gasteiger partial charge in [0.05, 0.1) is 23.6 Å². The molecule has 1 N–H and O–H groups in total. The second kappa shape index (κ2) is 7.60. The topological polar surface area (TPSA) is 76.5 Å². The normalized spacial score (nSPS) is 17.0. The van der Waals surface area contributed by atoms with Crippen LogP contribution in [0.3, 0.4) is 0 Å². The van der Waals surface area contributed by atoms with Gasteiger partial charge in [-0.25, -0.2) is 4.79 Å². The zero-order valence-corrected chi connectivity index (χ0v) is 16.4. The predicted molar refractivity (Wildman–Crippen MR) is 105 cm³/mol. The van der Waals surface area contributed by atoms with Gasteiger partial charge in [-0.1, -0.05) is 29.8 Å². The highest BCUT2D eigenvalue weighted by atomic mass is 35.5. The largest absolute Gasteiger partial charge is 0.444 e. The van der Waals surface area contributed by atoms with E-state index in [4.69, 9.17) is 16.3 Å². The molecule has 144 valence electrons. The first-order valence-electron chi connectivity index (χ1n) is 8.82. The molecule has 1 aliphatic rings. The van der Waals surface area contributed by atoms with Gasteiger partial charge >= 0.3 is 6.09 Å². The lowest BCUT2D eigenvalue weighted by molar-refractivity contribution is 0.0509. The number of benzene rings is 1. The van der Waals surface area contributed by atoms with Crippen molar-refractivity contribution in [2.45, 2.75) is 38.8 Å². The molecule has 7 nitrogen and oxygen atoms in total. The molecule has 0 radical (unpaired) electrons. The van der Waals surface area contributed by atoms with E-state index in [1.165, 1.54) is 4.68 Å². The van der Waals surface area contributed by atoms with Gasteiger partial charge in [0.1, 0.15) is 10.6 Å². The smallest absolute Gasteiger partial charge is 0.407 e. The Balaban J connectivity index is 1.72. The summed E-state index contributed by atoms with van der Waals surface area (Å²) in [4.78, 5) is 26.5. The number of anilines is 1. The van der Waals surface area contributed by atoms with Crippen LogP contribution in [0.1, 0.15) is 27.2 Å². The second-order valence-corrected chi connectivity index (χ2v) is 7.85. The van der Waals surface area contributed by atoms with Crippen LogP contribution in [0.5, 0.6) is 0 Å². The molecule has 0 saturated carbocycles. The molecule has 2 heterocycles. The van der Waals surface area contributed by atoms with Crippen LogP contribution in [-0.2, 0) is 4.74 Å². The molecule has 1 fully saturated rings. The number of rotatable bonds is 3. The van der Waals surface area contributed by atoms with Crippen molar-refractivity contribution in [1.82, 2.24) is 15.1 Å². The van der Waals surface area contributed by atoms with E-state index in [1.807, 2.05) is 43.9 Å². The fourth-order valence-electron chi connectivity index (χ4n) is 2.97. The van der Waals surface area contributed by atoms with E-state index in [-0.39, 0.29) is 16.6 Å². The number of amides is 1. The predicted octanol–water partition coefficient (Wildman–Crippen LogP) is 2.99. The Bertz CT molecular complexity index is 877. The van der Waals surface area contributed by atoms with Crippen LogP contribution in [0.4, 0.5) is 10.5 Å². The number of para-hydroxylation sites is 1. The van der Waals surface area contributed by atoms with Gasteiger partial charge in [0.25, 0.3) is 5.56 Å².